The normalized spacial score (nSPS) is 11.2. The Morgan fingerprint density at radius 1 is 1.10 bits per heavy atom. The van der Waals surface area contributed by atoms with Crippen molar-refractivity contribution >= 4 is 33.5 Å². The van der Waals surface area contributed by atoms with Crippen LogP contribution in [0.2, 0.25) is 0 Å². The first-order chi connectivity index (χ1) is 9.79. The van der Waals surface area contributed by atoms with Gasteiger partial charge in [-0.15, -0.1) is 11.6 Å². The van der Waals surface area contributed by atoms with Gasteiger partial charge in [-0.05, 0) is 25.0 Å². The summed E-state index contributed by atoms with van der Waals surface area (Å²) in [5.41, 5.74) is 0.711. The van der Waals surface area contributed by atoms with Gasteiger partial charge >= 0.3 is 5.63 Å². The van der Waals surface area contributed by atoms with Crippen LogP contribution in [0.1, 0.15) is 12.8 Å². The summed E-state index contributed by atoms with van der Waals surface area (Å²) in [6, 6.07) is 6.65. The molecule has 20 heavy (non-hydrogen) atoms. The molecule has 0 radical (unpaired) electrons. The number of fused-ring (bicyclic) bond motifs is 2. The summed E-state index contributed by atoms with van der Waals surface area (Å²) >= 11 is 5.65. The number of hydrogen-bond acceptors (Lipinski definition) is 4. The number of furan rings is 1. The Hall–Kier alpha value is -1.94. The fourth-order valence-corrected chi connectivity index (χ4v) is 2.33. The Morgan fingerprint density at radius 2 is 1.95 bits per heavy atom. The van der Waals surface area contributed by atoms with Gasteiger partial charge in [0.15, 0.2) is 0 Å². The molecule has 5 heteroatoms. The highest BCUT2D eigenvalue weighted by Crippen LogP contribution is 2.35. The van der Waals surface area contributed by atoms with E-state index in [-0.39, 0.29) is 0 Å². The second-order valence-electron chi connectivity index (χ2n) is 4.45. The molecule has 0 aliphatic rings. The van der Waals surface area contributed by atoms with E-state index in [0.717, 1.165) is 23.6 Å². The molecule has 0 saturated carbocycles. The molecule has 0 spiro atoms. The average Bonchev–Trinajstić information content (AvgIpc) is 2.90. The number of ether oxygens (including phenoxy) is 1. The maximum atomic E-state index is 11.3. The lowest BCUT2D eigenvalue weighted by Crippen LogP contribution is -2.00. The smallest absolute Gasteiger partial charge is 0.336 e. The molecule has 0 fully saturated rings. The van der Waals surface area contributed by atoms with Crippen molar-refractivity contribution in [2.45, 2.75) is 12.8 Å². The maximum absolute atomic E-state index is 11.3. The lowest BCUT2D eigenvalue weighted by Gasteiger charge is -2.09. The molecule has 3 aromatic rings. The SMILES string of the molecule is O=c1ccc2c(OCCCCCl)c3ccoc3cc2o1. The number of halogens is 1. The standard InChI is InChI=1S/C15H13ClO4/c16-6-1-2-7-19-15-10-3-4-14(17)20-13(10)9-12-11(15)5-8-18-12/h3-5,8-9H,1-2,6-7H2. The highest BCUT2D eigenvalue weighted by Gasteiger charge is 2.12. The van der Waals surface area contributed by atoms with Gasteiger partial charge in [0.25, 0.3) is 0 Å². The summed E-state index contributed by atoms with van der Waals surface area (Å²) < 4.78 is 16.4. The van der Waals surface area contributed by atoms with E-state index >= 15 is 0 Å². The quantitative estimate of drug-likeness (QED) is 0.406. The summed E-state index contributed by atoms with van der Waals surface area (Å²) in [6.07, 6.45) is 3.36. The van der Waals surface area contributed by atoms with Gasteiger partial charge in [0.1, 0.15) is 16.9 Å². The first kappa shape index (κ1) is 13.1. The van der Waals surface area contributed by atoms with Crippen LogP contribution in [0.4, 0.5) is 0 Å². The van der Waals surface area contributed by atoms with E-state index in [0.29, 0.717) is 29.4 Å². The minimum Gasteiger partial charge on any atom is -0.492 e. The Bertz CT molecular complexity index is 787. The van der Waals surface area contributed by atoms with Gasteiger partial charge in [-0.3, -0.25) is 0 Å². The van der Waals surface area contributed by atoms with Crippen molar-refractivity contribution in [3.63, 3.8) is 0 Å². The number of benzene rings is 1. The third-order valence-corrected chi connectivity index (χ3v) is 3.35. The topological polar surface area (TPSA) is 52.6 Å². The van der Waals surface area contributed by atoms with Crippen LogP contribution in [0.5, 0.6) is 5.75 Å². The Kier molecular flexibility index (Phi) is 3.65. The molecule has 3 rings (SSSR count). The van der Waals surface area contributed by atoms with Crippen molar-refractivity contribution in [1.29, 1.82) is 0 Å². The molecule has 2 heterocycles. The summed E-state index contributed by atoms with van der Waals surface area (Å²) in [7, 11) is 0. The highest BCUT2D eigenvalue weighted by atomic mass is 35.5. The lowest BCUT2D eigenvalue weighted by atomic mass is 10.1. The number of alkyl halides is 1. The summed E-state index contributed by atoms with van der Waals surface area (Å²) in [4.78, 5) is 11.3. The van der Waals surface area contributed by atoms with E-state index in [1.54, 1.807) is 18.4 Å². The monoisotopic (exact) mass is 292 g/mol. The molecule has 4 nitrogen and oxygen atoms in total. The van der Waals surface area contributed by atoms with Gasteiger partial charge in [0.2, 0.25) is 0 Å². The van der Waals surface area contributed by atoms with Crippen LogP contribution in [-0.4, -0.2) is 12.5 Å². The van der Waals surface area contributed by atoms with E-state index < -0.39 is 5.63 Å². The maximum Gasteiger partial charge on any atom is 0.336 e. The molecule has 1 aromatic carbocycles. The van der Waals surface area contributed by atoms with Crippen LogP contribution in [0.15, 0.2) is 44.2 Å². The second-order valence-corrected chi connectivity index (χ2v) is 4.83. The molecule has 0 atom stereocenters. The zero-order chi connectivity index (χ0) is 13.9. The van der Waals surface area contributed by atoms with Crippen LogP contribution in [0.3, 0.4) is 0 Å². The largest absolute Gasteiger partial charge is 0.492 e. The summed E-state index contributed by atoms with van der Waals surface area (Å²) in [5.74, 6) is 1.30. The molecular formula is C15H13ClO4. The van der Waals surface area contributed by atoms with Crippen molar-refractivity contribution < 1.29 is 13.6 Å². The van der Waals surface area contributed by atoms with Gasteiger partial charge in [0, 0.05) is 18.0 Å². The fourth-order valence-electron chi connectivity index (χ4n) is 2.14. The minimum atomic E-state index is -0.392. The van der Waals surface area contributed by atoms with Crippen LogP contribution >= 0.6 is 11.6 Å². The molecular weight excluding hydrogens is 280 g/mol. The first-order valence-electron chi connectivity index (χ1n) is 6.42. The van der Waals surface area contributed by atoms with Gasteiger partial charge in [0.05, 0.1) is 23.6 Å². The van der Waals surface area contributed by atoms with E-state index in [2.05, 4.69) is 0 Å². The fraction of sp³-hybridized carbons (Fsp3) is 0.267. The molecule has 0 bridgehead atoms. The third-order valence-electron chi connectivity index (χ3n) is 3.08. The zero-order valence-electron chi connectivity index (χ0n) is 10.7. The van der Waals surface area contributed by atoms with Gasteiger partial charge in [-0.25, -0.2) is 4.79 Å². The average molecular weight is 293 g/mol. The van der Waals surface area contributed by atoms with Crippen molar-refractivity contribution in [1.82, 2.24) is 0 Å². The van der Waals surface area contributed by atoms with Crippen LogP contribution in [0, 0.1) is 0 Å². The van der Waals surface area contributed by atoms with Gasteiger partial charge < -0.3 is 13.6 Å². The van der Waals surface area contributed by atoms with Crippen molar-refractivity contribution in [3.8, 4) is 5.75 Å². The number of unbranched alkanes of at least 4 members (excludes halogenated alkanes) is 1. The van der Waals surface area contributed by atoms with Gasteiger partial charge in [-0.2, -0.15) is 0 Å². The molecule has 0 unspecified atom stereocenters. The van der Waals surface area contributed by atoms with E-state index in [4.69, 9.17) is 25.2 Å². The zero-order valence-corrected chi connectivity index (χ0v) is 11.5. The molecule has 2 aromatic heterocycles. The Balaban J connectivity index is 2.08. The molecule has 104 valence electrons. The second kappa shape index (κ2) is 5.59. The molecule has 0 aliphatic carbocycles. The van der Waals surface area contributed by atoms with E-state index in [1.807, 2.05) is 6.07 Å². The molecule has 0 amide bonds. The molecule has 0 saturated heterocycles. The summed E-state index contributed by atoms with van der Waals surface area (Å²) in [5, 5.41) is 1.64. The Morgan fingerprint density at radius 3 is 2.80 bits per heavy atom. The predicted octanol–water partition coefficient (Wildman–Crippen LogP) is 3.94. The number of hydrogen-bond donors (Lipinski definition) is 0. The lowest BCUT2D eigenvalue weighted by molar-refractivity contribution is 0.316. The van der Waals surface area contributed by atoms with E-state index in [1.165, 1.54) is 6.07 Å². The predicted molar refractivity (Wildman–Crippen MR) is 77.7 cm³/mol. The third kappa shape index (κ3) is 2.39. The van der Waals surface area contributed by atoms with Crippen molar-refractivity contribution in [2.75, 3.05) is 12.5 Å². The minimum absolute atomic E-state index is 0.392. The molecule has 0 aliphatic heterocycles. The van der Waals surface area contributed by atoms with Gasteiger partial charge in [-0.1, -0.05) is 0 Å². The summed E-state index contributed by atoms with van der Waals surface area (Å²) in [6.45, 7) is 0.561. The van der Waals surface area contributed by atoms with Crippen LogP contribution < -0.4 is 10.4 Å². The highest BCUT2D eigenvalue weighted by molar-refractivity contribution is 6.17. The van der Waals surface area contributed by atoms with Crippen LogP contribution in [0.25, 0.3) is 21.9 Å². The number of rotatable bonds is 5. The molecule has 0 N–H and O–H groups in total. The van der Waals surface area contributed by atoms with E-state index in [9.17, 15) is 4.79 Å². The first-order valence-corrected chi connectivity index (χ1v) is 6.96. The van der Waals surface area contributed by atoms with Crippen LogP contribution in [-0.2, 0) is 0 Å². The van der Waals surface area contributed by atoms with Crippen molar-refractivity contribution in [2.24, 2.45) is 0 Å². The Labute approximate surface area is 119 Å². The van der Waals surface area contributed by atoms with Crippen molar-refractivity contribution in [3.05, 3.63) is 40.9 Å².